The van der Waals surface area contributed by atoms with Crippen molar-refractivity contribution in [2.24, 2.45) is 7.05 Å². The van der Waals surface area contributed by atoms with Gasteiger partial charge in [-0.1, -0.05) is 60.7 Å². The Bertz CT molecular complexity index is 1170. The van der Waals surface area contributed by atoms with Gasteiger partial charge in [-0.15, -0.1) is 0 Å². The Morgan fingerprint density at radius 3 is 2.00 bits per heavy atom. The van der Waals surface area contributed by atoms with Crippen molar-refractivity contribution in [1.82, 2.24) is 14.1 Å². The monoisotopic (exact) mass is 357 g/mol. The van der Waals surface area contributed by atoms with Crippen molar-refractivity contribution in [2.75, 3.05) is 0 Å². The van der Waals surface area contributed by atoms with Gasteiger partial charge < -0.3 is 4.57 Å². The van der Waals surface area contributed by atoms with Crippen LogP contribution in [0.3, 0.4) is 0 Å². The number of aryl methyl sites for hydroxylation is 1. The quantitative estimate of drug-likeness (QED) is 0.520. The zero-order valence-corrected chi connectivity index (χ0v) is 16.1. The molecular weight excluding hydrogens is 334 g/mol. The lowest BCUT2D eigenvalue weighted by atomic mass is 10.0. The summed E-state index contributed by atoms with van der Waals surface area (Å²) in [6.07, 6.45) is 0. The van der Waals surface area contributed by atoms with Crippen LogP contribution in [0.4, 0.5) is 0 Å². The molecule has 2 aromatic heterocycles. The van der Waals surface area contributed by atoms with Crippen LogP contribution >= 0.6 is 0 Å². The van der Waals surface area contributed by atoms with Gasteiger partial charge >= 0.3 is 5.69 Å². The van der Waals surface area contributed by atoms with Crippen molar-refractivity contribution in [3.05, 3.63) is 76.8 Å². The van der Waals surface area contributed by atoms with E-state index in [2.05, 4.69) is 35.7 Å². The largest absolute Gasteiger partial charge is 0.348 e. The molecule has 0 unspecified atom stereocenters. The first-order chi connectivity index (χ1) is 13.0. The molecule has 0 bridgehead atoms. The van der Waals surface area contributed by atoms with E-state index >= 15 is 0 Å². The molecule has 0 atom stereocenters. The Morgan fingerprint density at radius 1 is 0.889 bits per heavy atom. The fraction of sp³-hybridized carbons (Fsp3) is 0.217. The third-order valence-corrected chi connectivity index (χ3v) is 5.16. The first kappa shape index (κ1) is 17.3. The van der Waals surface area contributed by atoms with Gasteiger partial charge in [0.1, 0.15) is 0 Å². The van der Waals surface area contributed by atoms with E-state index in [1.54, 1.807) is 0 Å². The molecule has 0 aliphatic carbocycles. The maximum atomic E-state index is 13.0. The van der Waals surface area contributed by atoms with E-state index in [0.29, 0.717) is 0 Å². The molecular formula is C23H23N3O. The smallest absolute Gasteiger partial charge is 0.346 e. The van der Waals surface area contributed by atoms with Gasteiger partial charge in [-0.2, -0.15) is 4.98 Å². The molecule has 2 heterocycles. The van der Waals surface area contributed by atoms with Crippen molar-refractivity contribution in [3.8, 4) is 22.5 Å². The molecule has 0 N–H and O–H groups in total. The molecule has 2 aromatic carbocycles. The highest BCUT2D eigenvalue weighted by Crippen LogP contribution is 2.37. The number of benzene rings is 2. The summed E-state index contributed by atoms with van der Waals surface area (Å²) in [5, 5.41) is 1.04. The summed E-state index contributed by atoms with van der Waals surface area (Å²) < 4.78 is 3.99. The van der Waals surface area contributed by atoms with E-state index in [9.17, 15) is 4.79 Å². The first-order valence-electron chi connectivity index (χ1n) is 9.23. The van der Waals surface area contributed by atoms with Gasteiger partial charge in [0.25, 0.3) is 0 Å². The lowest BCUT2D eigenvalue weighted by Crippen LogP contribution is -2.25. The number of hydrogen-bond donors (Lipinski definition) is 0. The summed E-state index contributed by atoms with van der Waals surface area (Å²) in [7, 11) is 2.06. The van der Waals surface area contributed by atoms with Gasteiger partial charge in [-0.3, -0.25) is 4.57 Å². The van der Waals surface area contributed by atoms with Gasteiger partial charge in [0.15, 0.2) is 0 Å². The number of aromatic nitrogens is 3. The van der Waals surface area contributed by atoms with Crippen LogP contribution in [-0.4, -0.2) is 14.1 Å². The highest BCUT2D eigenvalue weighted by molar-refractivity contribution is 6.03. The van der Waals surface area contributed by atoms with Gasteiger partial charge in [0, 0.05) is 35.3 Å². The zero-order chi connectivity index (χ0) is 19.1. The molecule has 0 spiro atoms. The Hall–Kier alpha value is -3.14. The standard InChI is InChI=1S/C23H23N3O/c1-15(2)26-22-19(20(24-23(26)27)17-11-7-5-8-12-17)16(3)25(4)21(22)18-13-9-6-10-14-18/h5-15H,1-4H3. The van der Waals surface area contributed by atoms with Crippen LogP contribution in [0.2, 0.25) is 0 Å². The van der Waals surface area contributed by atoms with Crippen LogP contribution in [-0.2, 0) is 7.05 Å². The Labute approximate surface area is 158 Å². The summed E-state index contributed by atoms with van der Waals surface area (Å²) in [6, 6.07) is 20.2. The Morgan fingerprint density at radius 2 is 1.44 bits per heavy atom. The maximum absolute atomic E-state index is 13.0. The Kier molecular flexibility index (Phi) is 4.19. The molecule has 4 nitrogen and oxygen atoms in total. The van der Waals surface area contributed by atoms with Crippen LogP contribution in [0.5, 0.6) is 0 Å². The van der Waals surface area contributed by atoms with Crippen molar-refractivity contribution < 1.29 is 0 Å². The number of hydrogen-bond acceptors (Lipinski definition) is 2. The minimum absolute atomic E-state index is 0.0154. The van der Waals surface area contributed by atoms with E-state index < -0.39 is 0 Å². The number of fused-ring (bicyclic) bond motifs is 1. The van der Waals surface area contributed by atoms with Gasteiger partial charge in [0.05, 0.1) is 16.9 Å². The lowest BCUT2D eigenvalue weighted by Gasteiger charge is -2.15. The van der Waals surface area contributed by atoms with E-state index in [0.717, 1.165) is 39.1 Å². The first-order valence-corrected chi connectivity index (χ1v) is 9.23. The topological polar surface area (TPSA) is 39.8 Å². The van der Waals surface area contributed by atoms with Crippen LogP contribution in [0, 0.1) is 6.92 Å². The number of rotatable bonds is 3. The fourth-order valence-corrected chi connectivity index (χ4v) is 3.81. The molecule has 4 aromatic rings. The second kappa shape index (κ2) is 6.54. The predicted octanol–water partition coefficient (Wildman–Crippen LogP) is 4.96. The summed E-state index contributed by atoms with van der Waals surface area (Å²) in [6.45, 7) is 6.15. The molecule has 27 heavy (non-hydrogen) atoms. The van der Waals surface area contributed by atoms with Crippen LogP contribution < -0.4 is 5.69 Å². The fourth-order valence-electron chi connectivity index (χ4n) is 3.81. The second-order valence-electron chi connectivity index (χ2n) is 7.16. The minimum Gasteiger partial charge on any atom is -0.346 e. The van der Waals surface area contributed by atoms with Crippen molar-refractivity contribution >= 4 is 10.9 Å². The average molecular weight is 357 g/mol. The Balaban J connectivity index is 2.23. The molecule has 136 valence electrons. The average Bonchev–Trinajstić information content (AvgIpc) is 2.93. The molecule has 4 heteroatoms. The molecule has 0 radical (unpaired) electrons. The lowest BCUT2D eigenvalue weighted by molar-refractivity contribution is 0.587. The summed E-state index contributed by atoms with van der Waals surface area (Å²) in [4.78, 5) is 17.5. The third kappa shape index (κ3) is 2.69. The van der Waals surface area contributed by atoms with Crippen LogP contribution in [0.1, 0.15) is 25.6 Å². The van der Waals surface area contributed by atoms with Crippen molar-refractivity contribution in [2.45, 2.75) is 26.8 Å². The van der Waals surface area contributed by atoms with Crippen molar-refractivity contribution in [1.29, 1.82) is 0 Å². The number of nitrogens with zero attached hydrogens (tertiary/aromatic N) is 3. The molecule has 0 aliphatic rings. The summed E-state index contributed by atoms with van der Waals surface area (Å²) in [5.74, 6) is 0. The minimum atomic E-state index is -0.209. The predicted molar refractivity (Wildman–Crippen MR) is 111 cm³/mol. The van der Waals surface area contributed by atoms with E-state index in [1.807, 2.05) is 66.9 Å². The molecule has 0 saturated carbocycles. The van der Waals surface area contributed by atoms with Crippen LogP contribution in [0.15, 0.2) is 65.5 Å². The molecule has 4 rings (SSSR count). The highest BCUT2D eigenvalue weighted by Gasteiger charge is 2.23. The van der Waals surface area contributed by atoms with E-state index in [4.69, 9.17) is 0 Å². The van der Waals surface area contributed by atoms with E-state index in [1.165, 1.54) is 0 Å². The SMILES string of the molecule is Cc1c2c(-c3ccccc3)nc(=O)n(C(C)C)c2c(-c2ccccc2)n1C. The van der Waals surface area contributed by atoms with Gasteiger partial charge in [-0.25, -0.2) is 4.79 Å². The van der Waals surface area contributed by atoms with E-state index in [-0.39, 0.29) is 11.7 Å². The molecule has 0 amide bonds. The third-order valence-electron chi connectivity index (χ3n) is 5.16. The zero-order valence-electron chi connectivity index (χ0n) is 16.1. The summed E-state index contributed by atoms with van der Waals surface area (Å²) in [5.41, 5.74) is 5.70. The molecule has 0 fully saturated rings. The van der Waals surface area contributed by atoms with Gasteiger partial charge in [0.2, 0.25) is 0 Å². The van der Waals surface area contributed by atoms with Crippen molar-refractivity contribution in [3.63, 3.8) is 0 Å². The van der Waals surface area contributed by atoms with Crippen LogP contribution in [0.25, 0.3) is 33.4 Å². The second-order valence-corrected chi connectivity index (χ2v) is 7.16. The maximum Gasteiger partial charge on any atom is 0.348 e. The van der Waals surface area contributed by atoms with Gasteiger partial charge in [-0.05, 0) is 20.8 Å². The highest BCUT2D eigenvalue weighted by atomic mass is 16.1. The molecule has 0 saturated heterocycles. The molecule has 0 aliphatic heterocycles. The summed E-state index contributed by atoms with van der Waals surface area (Å²) >= 11 is 0. The normalized spacial score (nSPS) is 11.4.